The number of rotatable bonds is 5. The Morgan fingerprint density at radius 3 is 2.30 bits per heavy atom. The van der Waals surface area contributed by atoms with E-state index in [9.17, 15) is 19.0 Å². The predicted octanol–water partition coefficient (Wildman–Crippen LogP) is 1.11. The van der Waals surface area contributed by atoms with Gasteiger partial charge in [-0.05, 0) is 25.1 Å². The zero-order chi connectivity index (χ0) is 15.3. The van der Waals surface area contributed by atoms with E-state index in [1.807, 2.05) is 0 Å². The number of hydrogen-bond acceptors (Lipinski definition) is 6. The Kier molecular flexibility index (Phi) is 5.44. The maximum Gasteiger partial charge on any atom is 0.359 e. The molecule has 0 aliphatic rings. The molecule has 0 aromatic heterocycles. The highest BCUT2D eigenvalue weighted by atomic mass is 31.2. The highest BCUT2D eigenvalue weighted by Gasteiger charge is 2.30. The molecule has 1 unspecified atom stereocenters. The molecule has 0 saturated heterocycles. The first-order valence-electron chi connectivity index (χ1n) is 5.66. The summed E-state index contributed by atoms with van der Waals surface area (Å²) in [5.74, 6) is -1.50. The topological polar surface area (TPSA) is 99.1 Å². The third-order valence-corrected chi connectivity index (χ3v) is 4.02. The Balaban J connectivity index is 3.45. The molecule has 0 amide bonds. The fourth-order valence-electron chi connectivity index (χ4n) is 1.54. The van der Waals surface area contributed by atoms with E-state index in [0.717, 1.165) is 13.2 Å². The number of esters is 2. The first kappa shape index (κ1) is 16.4. The Bertz CT molecular complexity index is 567. The van der Waals surface area contributed by atoms with E-state index >= 15 is 0 Å². The summed E-state index contributed by atoms with van der Waals surface area (Å²) in [6, 6.07) is 3.61. The maximum atomic E-state index is 12.1. The number of methoxy groups -OCH3 is 2. The molecule has 0 radical (unpaired) electrons. The van der Waals surface area contributed by atoms with Crippen LogP contribution in [-0.2, 0) is 18.6 Å². The minimum absolute atomic E-state index is 0.0309. The minimum atomic E-state index is -4.24. The Morgan fingerprint density at radius 2 is 1.80 bits per heavy atom. The molecule has 110 valence electrons. The van der Waals surface area contributed by atoms with E-state index in [2.05, 4.69) is 9.47 Å². The van der Waals surface area contributed by atoms with Gasteiger partial charge in [0.05, 0.1) is 37.3 Å². The first-order valence-corrected chi connectivity index (χ1v) is 7.23. The molecule has 0 heterocycles. The normalized spacial score (nSPS) is 13.4. The molecule has 1 aromatic carbocycles. The zero-order valence-electron chi connectivity index (χ0n) is 11.3. The van der Waals surface area contributed by atoms with E-state index in [4.69, 9.17) is 4.52 Å². The summed E-state index contributed by atoms with van der Waals surface area (Å²) in [4.78, 5) is 32.9. The predicted molar refractivity (Wildman–Crippen MR) is 70.2 cm³/mol. The summed E-state index contributed by atoms with van der Waals surface area (Å²) < 4.78 is 25.9. The average Bonchev–Trinajstić information content (AvgIpc) is 2.44. The van der Waals surface area contributed by atoms with Gasteiger partial charge in [0.15, 0.2) is 0 Å². The van der Waals surface area contributed by atoms with Crippen LogP contribution >= 0.6 is 7.60 Å². The van der Waals surface area contributed by atoms with Crippen LogP contribution in [0.15, 0.2) is 18.2 Å². The second kappa shape index (κ2) is 6.65. The smallest absolute Gasteiger partial charge is 0.359 e. The van der Waals surface area contributed by atoms with Crippen molar-refractivity contribution < 1.29 is 33.0 Å². The highest BCUT2D eigenvalue weighted by Crippen LogP contribution is 2.41. The van der Waals surface area contributed by atoms with Gasteiger partial charge in [0.2, 0.25) is 0 Å². The van der Waals surface area contributed by atoms with Crippen LogP contribution in [0.2, 0.25) is 0 Å². The summed E-state index contributed by atoms with van der Waals surface area (Å²) in [6.07, 6.45) is 0. The number of hydrogen-bond donors (Lipinski definition) is 1. The monoisotopic (exact) mass is 302 g/mol. The standard InChI is InChI=1S/C12H15O7P/c1-4-19-20(15,16)10-7-8(11(13)17-2)5-6-9(10)12(14)18-3/h5-7H,4H2,1-3H3,(H,15,16). The van der Waals surface area contributed by atoms with E-state index in [1.54, 1.807) is 0 Å². The maximum absolute atomic E-state index is 12.1. The molecule has 8 heteroatoms. The van der Waals surface area contributed by atoms with Gasteiger partial charge in [-0.15, -0.1) is 0 Å². The minimum Gasteiger partial charge on any atom is -0.465 e. The van der Waals surface area contributed by atoms with Gasteiger partial charge in [0.1, 0.15) is 0 Å². The van der Waals surface area contributed by atoms with Crippen molar-refractivity contribution in [3.8, 4) is 0 Å². The molecule has 0 fully saturated rings. The zero-order valence-corrected chi connectivity index (χ0v) is 12.2. The highest BCUT2D eigenvalue weighted by molar-refractivity contribution is 7.61. The average molecular weight is 302 g/mol. The molecule has 0 aliphatic heterocycles. The van der Waals surface area contributed by atoms with Crippen LogP contribution in [0, 0.1) is 0 Å². The van der Waals surface area contributed by atoms with Crippen molar-refractivity contribution in [1.29, 1.82) is 0 Å². The molecule has 0 saturated carbocycles. The summed E-state index contributed by atoms with van der Waals surface area (Å²) in [5, 5.41) is -0.297. The number of benzene rings is 1. The van der Waals surface area contributed by atoms with E-state index in [0.29, 0.717) is 0 Å². The molecule has 7 nitrogen and oxygen atoms in total. The summed E-state index contributed by atoms with van der Waals surface area (Å²) in [7, 11) is -1.92. The lowest BCUT2D eigenvalue weighted by Crippen LogP contribution is -2.20. The van der Waals surface area contributed by atoms with Crippen LogP contribution in [0.3, 0.4) is 0 Å². The molecule has 20 heavy (non-hydrogen) atoms. The van der Waals surface area contributed by atoms with Crippen LogP contribution < -0.4 is 5.30 Å². The lowest BCUT2D eigenvalue weighted by atomic mass is 10.1. The van der Waals surface area contributed by atoms with Crippen molar-refractivity contribution in [2.75, 3.05) is 20.8 Å². The first-order chi connectivity index (χ1) is 9.37. The molecule has 1 aromatic rings. The lowest BCUT2D eigenvalue weighted by Gasteiger charge is -2.15. The molecule has 1 atom stereocenters. The molecule has 0 bridgehead atoms. The van der Waals surface area contributed by atoms with Crippen LogP contribution in [0.5, 0.6) is 0 Å². The largest absolute Gasteiger partial charge is 0.465 e. The van der Waals surface area contributed by atoms with Crippen molar-refractivity contribution in [3.05, 3.63) is 29.3 Å². The van der Waals surface area contributed by atoms with Gasteiger partial charge in [0.25, 0.3) is 0 Å². The third-order valence-electron chi connectivity index (χ3n) is 2.43. The second-order valence-corrected chi connectivity index (χ2v) is 5.43. The van der Waals surface area contributed by atoms with Gasteiger partial charge in [-0.1, -0.05) is 0 Å². The van der Waals surface area contributed by atoms with E-state index in [1.165, 1.54) is 26.2 Å². The number of carbonyl (C=O) groups excluding carboxylic acids is 2. The molecular formula is C12H15O7P. The molecular weight excluding hydrogens is 287 g/mol. The SMILES string of the molecule is CCOP(=O)(O)c1cc(C(=O)OC)ccc1C(=O)OC. The van der Waals surface area contributed by atoms with Crippen LogP contribution in [0.4, 0.5) is 0 Å². The fourth-order valence-corrected chi connectivity index (χ4v) is 2.80. The quantitative estimate of drug-likeness (QED) is 0.642. The summed E-state index contributed by atoms with van der Waals surface area (Å²) in [6.45, 7) is 1.50. The van der Waals surface area contributed by atoms with Gasteiger partial charge < -0.3 is 18.9 Å². The number of carbonyl (C=O) groups is 2. The molecule has 1 N–H and O–H groups in total. The van der Waals surface area contributed by atoms with Crippen molar-refractivity contribution in [2.45, 2.75) is 6.92 Å². The van der Waals surface area contributed by atoms with Crippen LogP contribution in [0.25, 0.3) is 0 Å². The van der Waals surface area contributed by atoms with Crippen molar-refractivity contribution in [3.63, 3.8) is 0 Å². The Morgan fingerprint density at radius 1 is 1.20 bits per heavy atom. The Hall–Kier alpha value is -1.69. The molecule has 0 aliphatic carbocycles. The van der Waals surface area contributed by atoms with Crippen molar-refractivity contribution in [2.24, 2.45) is 0 Å². The van der Waals surface area contributed by atoms with Gasteiger partial charge in [-0.2, -0.15) is 0 Å². The van der Waals surface area contributed by atoms with Gasteiger partial charge in [-0.3, -0.25) is 4.57 Å². The lowest BCUT2D eigenvalue weighted by molar-refractivity contribution is 0.0587. The van der Waals surface area contributed by atoms with Crippen LogP contribution in [0.1, 0.15) is 27.6 Å². The molecule has 0 spiro atoms. The Labute approximate surface area is 116 Å². The van der Waals surface area contributed by atoms with Crippen LogP contribution in [-0.4, -0.2) is 37.7 Å². The molecule has 1 rings (SSSR count). The van der Waals surface area contributed by atoms with Gasteiger partial charge in [0, 0.05) is 0 Å². The summed E-state index contributed by atoms with van der Waals surface area (Å²) >= 11 is 0. The fraction of sp³-hybridized carbons (Fsp3) is 0.333. The second-order valence-electron chi connectivity index (χ2n) is 3.65. The van der Waals surface area contributed by atoms with Crippen molar-refractivity contribution >= 4 is 24.8 Å². The van der Waals surface area contributed by atoms with E-state index < -0.39 is 19.5 Å². The van der Waals surface area contributed by atoms with Gasteiger partial charge in [-0.25, -0.2) is 9.59 Å². The van der Waals surface area contributed by atoms with Gasteiger partial charge >= 0.3 is 19.5 Å². The third kappa shape index (κ3) is 3.45. The number of ether oxygens (including phenoxy) is 2. The van der Waals surface area contributed by atoms with Crippen molar-refractivity contribution in [1.82, 2.24) is 0 Å². The van der Waals surface area contributed by atoms with E-state index in [-0.39, 0.29) is 23.0 Å². The summed E-state index contributed by atoms with van der Waals surface area (Å²) in [5.41, 5.74) is -0.108.